The second-order valence-corrected chi connectivity index (χ2v) is 7.15. The summed E-state index contributed by atoms with van der Waals surface area (Å²) >= 11 is 6.02. The Labute approximate surface area is 180 Å². The molecule has 0 fully saturated rings. The van der Waals surface area contributed by atoms with E-state index in [1.165, 1.54) is 16.7 Å². The molecule has 0 aliphatic heterocycles. The first-order valence-corrected chi connectivity index (χ1v) is 9.57. The van der Waals surface area contributed by atoms with Gasteiger partial charge in [-0.25, -0.2) is 4.98 Å². The average molecular weight is 435 g/mol. The summed E-state index contributed by atoms with van der Waals surface area (Å²) in [5.74, 6) is -0.0500. The fourth-order valence-electron chi connectivity index (χ4n) is 3.24. The zero-order chi connectivity index (χ0) is 22.1. The highest BCUT2D eigenvalue weighted by molar-refractivity contribution is 6.34. The molecule has 3 aromatic carbocycles. The van der Waals surface area contributed by atoms with Gasteiger partial charge in [0.25, 0.3) is 17.2 Å². The predicted molar refractivity (Wildman–Crippen MR) is 118 cm³/mol. The molecule has 1 N–H and O–H groups in total. The minimum absolute atomic E-state index is 0.00858. The first-order valence-electron chi connectivity index (χ1n) is 9.19. The molecule has 154 valence electrons. The molecule has 0 aliphatic carbocycles. The second-order valence-electron chi connectivity index (χ2n) is 6.74. The van der Waals surface area contributed by atoms with Crippen molar-refractivity contribution in [3.8, 4) is 5.69 Å². The van der Waals surface area contributed by atoms with Gasteiger partial charge in [0.2, 0.25) is 0 Å². The van der Waals surface area contributed by atoms with Crippen LogP contribution in [0.3, 0.4) is 0 Å². The Morgan fingerprint density at radius 2 is 1.81 bits per heavy atom. The van der Waals surface area contributed by atoms with E-state index in [1.54, 1.807) is 49.4 Å². The number of nitrogens with one attached hydrogen (secondary N) is 1. The van der Waals surface area contributed by atoms with Gasteiger partial charge in [-0.3, -0.25) is 24.3 Å². The highest BCUT2D eigenvalue weighted by Crippen LogP contribution is 2.23. The van der Waals surface area contributed by atoms with Crippen LogP contribution in [0, 0.1) is 17.0 Å². The molecular weight excluding hydrogens is 420 g/mol. The Kier molecular flexibility index (Phi) is 5.22. The summed E-state index contributed by atoms with van der Waals surface area (Å²) in [5.41, 5.74) is 1.22. The number of anilines is 1. The third kappa shape index (κ3) is 3.88. The van der Waals surface area contributed by atoms with Gasteiger partial charge in [0.15, 0.2) is 0 Å². The van der Waals surface area contributed by atoms with E-state index in [4.69, 9.17) is 11.6 Å². The first kappa shape index (κ1) is 20.2. The summed E-state index contributed by atoms with van der Waals surface area (Å²) in [5, 5.41) is 14.2. The maximum atomic E-state index is 12.9. The van der Waals surface area contributed by atoms with Gasteiger partial charge in [-0.15, -0.1) is 0 Å². The van der Waals surface area contributed by atoms with Gasteiger partial charge in [0, 0.05) is 17.8 Å². The number of nitro benzene ring substituents is 1. The quantitative estimate of drug-likeness (QED) is 0.375. The fraction of sp³-hybridized carbons (Fsp3) is 0.0455. The van der Waals surface area contributed by atoms with E-state index in [-0.39, 0.29) is 21.8 Å². The molecule has 1 aromatic heterocycles. The zero-order valence-corrected chi connectivity index (χ0v) is 17.0. The largest absolute Gasteiger partial charge is 0.322 e. The number of benzene rings is 3. The normalized spacial score (nSPS) is 10.8. The molecule has 0 radical (unpaired) electrons. The van der Waals surface area contributed by atoms with Crippen LogP contribution in [0.5, 0.6) is 0 Å². The molecular formula is C22H15ClN4O4. The van der Waals surface area contributed by atoms with Crippen molar-refractivity contribution < 1.29 is 9.72 Å². The number of fused-ring (bicyclic) bond motifs is 1. The highest BCUT2D eigenvalue weighted by atomic mass is 35.5. The minimum atomic E-state index is -0.598. The van der Waals surface area contributed by atoms with Crippen LogP contribution >= 0.6 is 11.6 Å². The fourth-order valence-corrected chi connectivity index (χ4v) is 3.44. The van der Waals surface area contributed by atoms with Crippen LogP contribution < -0.4 is 10.9 Å². The van der Waals surface area contributed by atoms with Gasteiger partial charge in [0.05, 0.1) is 32.1 Å². The van der Waals surface area contributed by atoms with Gasteiger partial charge in [-0.05, 0) is 49.4 Å². The molecule has 1 amide bonds. The summed E-state index contributed by atoms with van der Waals surface area (Å²) in [6.07, 6.45) is 0. The van der Waals surface area contributed by atoms with Gasteiger partial charge in [0.1, 0.15) is 5.82 Å². The molecule has 9 heteroatoms. The number of para-hydroxylation sites is 1. The van der Waals surface area contributed by atoms with Gasteiger partial charge in [-0.2, -0.15) is 0 Å². The lowest BCUT2D eigenvalue weighted by Crippen LogP contribution is -2.22. The molecule has 0 unspecified atom stereocenters. The van der Waals surface area contributed by atoms with Crippen LogP contribution in [0.1, 0.15) is 16.2 Å². The van der Waals surface area contributed by atoms with Crippen LogP contribution in [-0.4, -0.2) is 20.4 Å². The third-order valence-corrected chi connectivity index (χ3v) is 5.06. The van der Waals surface area contributed by atoms with Gasteiger partial charge >= 0.3 is 0 Å². The molecule has 4 aromatic rings. The molecule has 8 nitrogen and oxygen atoms in total. The molecule has 4 rings (SSSR count). The number of aromatic nitrogens is 2. The highest BCUT2D eigenvalue weighted by Gasteiger charge is 2.16. The Morgan fingerprint density at radius 1 is 1.10 bits per heavy atom. The Balaban J connectivity index is 1.64. The first-order chi connectivity index (χ1) is 14.8. The number of amides is 1. The maximum Gasteiger partial charge on any atom is 0.270 e. The van der Waals surface area contributed by atoms with E-state index in [2.05, 4.69) is 10.3 Å². The molecule has 0 bridgehead atoms. The number of nitro groups is 1. The number of non-ortho nitro benzene ring substituents is 1. The van der Waals surface area contributed by atoms with Gasteiger partial charge in [-0.1, -0.05) is 23.7 Å². The van der Waals surface area contributed by atoms with E-state index in [0.717, 1.165) is 6.07 Å². The van der Waals surface area contributed by atoms with E-state index < -0.39 is 10.8 Å². The number of rotatable bonds is 4. The van der Waals surface area contributed by atoms with Crippen LogP contribution in [0.15, 0.2) is 71.5 Å². The van der Waals surface area contributed by atoms with Crippen LogP contribution in [0.2, 0.25) is 5.02 Å². The predicted octanol–water partition coefficient (Wildman–Crippen LogP) is 4.51. The topological polar surface area (TPSA) is 107 Å². The maximum absolute atomic E-state index is 12.9. The van der Waals surface area contributed by atoms with Crippen molar-refractivity contribution in [3.63, 3.8) is 0 Å². The van der Waals surface area contributed by atoms with Crippen molar-refractivity contribution in [2.24, 2.45) is 0 Å². The Hall–Kier alpha value is -4.04. The number of nitrogens with zero attached hydrogens (tertiary/aromatic N) is 3. The SMILES string of the molecule is Cc1nc2ccccc2c(=O)n1-c1ccc(NC(=O)c2cc([N+](=O)[O-])ccc2Cl)cc1. The Morgan fingerprint density at radius 3 is 2.52 bits per heavy atom. The lowest BCUT2D eigenvalue weighted by atomic mass is 10.1. The number of carbonyl (C=O) groups excluding carboxylic acids is 1. The van der Waals surface area contributed by atoms with Crippen molar-refractivity contribution in [2.45, 2.75) is 6.92 Å². The molecule has 0 spiro atoms. The van der Waals surface area contributed by atoms with Crippen LogP contribution in [0.25, 0.3) is 16.6 Å². The van der Waals surface area contributed by atoms with Crippen molar-refractivity contribution in [1.29, 1.82) is 0 Å². The third-order valence-electron chi connectivity index (χ3n) is 4.73. The van der Waals surface area contributed by atoms with Crippen molar-refractivity contribution in [2.75, 3.05) is 5.32 Å². The van der Waals surface area contributed by atoms with Crippen molar-refractivity contribution in [3.05, 3.63) is 104 Å². The summed E-state index contributed by atoms with van der Waals surface area (Å²) in [7, 11) is 0. The average Bonchev–Trinajstić information content (AvgIpc) is 2.75. The van der Waals surface area contributed by atoms with Crippen molar-refractivity contribution in [1.82, 2.24) is 9.55 Å². The van der Waals surface area contributed by atoms with E-state index in [0.29, 0.717) is 28.1 Å². The van der Waals surface area contributed by atoms with E-state index >= 15 is 0 Å². The van der Waals surface area contributed by atoms with E-state index in [1.807, 2.05) is 6.07 Å². The Bertz CT molecular complexity index is 1400. The number of hydrogen-bond donors (Lipinski definition) is 1. The summed E-state index contributed by atoms with van der Waals surface area (Å²) in [4.78, 5) is 40.3. The lowest BCUT2D eigenvalue weighted by Gasteiger charge is -2.12. The zero-order valence-electron chi connectivity index (χ0n) is 16.2. The molecule has 0 atom stereocenters. The van der Waals surface area contributed by atoms with Crippen LogP contribution in [0.4, 0.5) is 11.4 Å². The number of hydrogen-bond acceptors (Lipinski definition) is 5. The minimum Gasteiger partial charge on any atom is -0.322 e. The lowest BCUT2D eigenvalue weighted by molar-refractivity contribution is -0.384. The summed E-state index contributed by atoms with van der Waals surface area (Å²) < 4.78 is 1.49. The summed E-state index contributed by atoms with van der Waals surface area (Å²) in [6, 6.07) is 17.4. The number of aryl methyl sites for hydroxylation is 1. The summed E-state index contributed by atoms with van der Waals surface area (Å²) in [6.45, 7) is 1.74. The smallest absolute Gasteiger partial charge is 0.270 e. The molecule has 1 heterocycles. The van der Waals surface area contributed by atoms with E-state index in [9.17, 15) is 19.7 Å². The molecule has 0 saturated carbocycles. The molecule has 31 heavy (non-hydrogen) atoms. The molecule has 0 aliphatic rings. The van der Waals surface area contributed by atoms with Gasteiger partial charge < -0.3 is 5.32 Å². The number of halogens is 1. The standard InChI is InChI=1S/C22H15ClN4O4/c1-13-24-20-5-3-2-4-17(20)22(29)26(13)15-8-6-14(7-9-15)25-21(28)18-12-16(27(30)31)10-11-19(18)23/h2-12H,1H3,(H,25,28). The number of carbonyl (C=O) groups is 1. The van der Waals surface area contributed by atoms with Crippen LogP contribution in [-0.2, 0) is 0 Å². The second kappa shape index (κ2) is 8.00. The molecule has 0 saturated heterocycles. The van der Waals surface area contributed by atoms with Crippen molar-refractivity contribution >= 4 is 39.8 Å². The monoisotopic (exact) mass is 434 g/mol.